The number of aromatic nitrogens is 4. The van der Waals surface area contributed by atoms with Crippen LogP contribution in [-0.4, -0.2) is 25.2 Å². The minimum atomic E-state index is -4.85. The first-order valence-electron chi connectivity index (χ1n) is 7.70. The van der Waals surface area contributed by atoms with Gasteiger partial charge in [0.15, 0.2) is 0 Å². The topological polar surface area (TPSA) is 98.9 Å². The molecular weight excluding hydrogens is 399 g/mol. The summed E-state index contributed by atoms with van der Waals surface area (Å²) in [7, 11) is 0.912. The maximum absolute atomic E-state index is 13.0. The molecule has 2 aromatic heterocycles. The van der Waals surface area contributed by atoms with Crippen molar-refractivity contribution in [2.75, 3.05) is 5.32 Å². The molecule has 8 nitrogen and oxygen atoms in total. The van der Waals surface area contributed by atoms with Gasteiger partial charge in [-0.3, -0.25) is 19.5 Å². The predicted molar refractivity (Wildman–Crippen MR) is 94.9 cm³/mol. The van der Waals surface area contributed by atoms with Gasteiger partial charge in [0.1, 0.15) is 10.7 Å². The second-order valence-corrected chi connectivity index (χ2v) is 6.85. The number of carbonyl (C=O) groups is 1. The second kappa shape index (κ2) is 7.03. The van der Waals surface area contributed by atoms with Gasteiger partial charge in [0.2, 0.25) is 5.13 Å². The van der Waals surface area contributed by atoms with Crippen LogP contribution in [0.25, 0.3) is 5.69 Å². The fourth-order valence-electron chi connectivity index (χ4n) is 2.44. The average molecular weight is 411 g/mol. The highest BCUT2D eigenvalue weighted by atomic mass is 32.1. The Balaban J connectivity index is 2.03. The van der Waals surface area contributed by atoms with E-state index in [4.69, 9.17) is 0 Å². The normalized spacial score (nSPS) is 11.5. The number of halogens is 3. The zero-order valence-corrected chi connectivity index (χ0v) is 15.3. The molecule has 1 aromatic carbocycles. The average Bonchev–Trinajstić information content (AvgIpc) is 3.02. The molecule has 12 heteroatoms. The van der Waals surface area contributed by atoms with E-state index in [1.807, 2.05) is 0 Å². The standard InChI is InChI=1S/C16H12F3N5O3S/c1-8-21-22-14(28-8)20-13(26)9-4-3-5-10(6-9)24-12(25)7-11(16(17,18)19)23(2)15(24)27/h3-7H,1-2H3,(H,20,22,26). The lowest BCUT2D eigenvalue weighted by Gasteiger charge is -2.14. The lowest BCUT2D eigenvalue weighted by molar-refractivity contribution is -0.144. The van der Waals surface area contributed by atoms with Crippen molar-refractivity contribution in [1.29, 1.82) is 0 Å². The molecule has 0 saturated heterocycles. The number of nitrogens with zero attached hydrogens (tertiary/aromatic N) is 4. The number of aryl methyl sites for hydroxylation is 1. The molecule has 0 aliphatic rings. The zero-order valence-electron chi connectivity index (χ0n) is 14.4. The minimum Gasteiger partial charge on any atom is -0.296 e. The molecule has 146 valence electrons. The van der Waals surface area contributed by atoms with Crippen LogP contribution in [0, 0.1) is 6.92 Å². The van der Waals surface area contributed by atoms with Crippen molar-refractivity contribution in [3.05, 3.63) is 67.4 Å². The van der Waals surface area contributed by atoms with Crippen LogP contribution in [-0.2, 0) is 13.2 Å². The molecule has 3 aromatic rings. The molecule has 1 N–H and O–H groups in total. The fraction of sp³-hybridized carbons (Fsp3) is 0.188. The van der Waals surface area contributed by atoms with Crippen LogP contribution in [0.5, 0.6) is 0 Å². The molecule has 0 aliphatic heterocycles. The van der Waals surface area contributed by atoms with E-state index in [0.29, 0.717) is 20.2 Å². The minimum absolute atomic E-state index is 0.0413. The molecule has 0 fully saturated rings. The number of carbonyl (C=O) groups excluding carboxylic acids is 1. The first-order valence-corrected chi connectivity index (χ1v) is 8.52. The molecular formula is C16H12F3N5O3S. The highest BCUT2D eigenvalue weighted by Crippen LogP contribution is 2.27. The Morgan fingerprint density at radius 3 is 2.50 bits per heavy atom. The van der Waals surface area contributed by atoms with Gasteiger partial charge in [-0.05, 0) is 25.1 Å². The van der Waals surface area contributed by atoms with Gasteiger partial charge in [-0.2, -0.15) is 13.2 Å². The molecule has 3 rings (SSSR count). The summed E-state index contributed by atoms with van der Waals surface area (Å²) in [5.41, 5.74) is -3.66. The van der Waals surface area contributed by atoms with Crippen molar-refractivity contribution in [1.82, 2.24) is 19.3 Å². The van der Waals surface area contributed by atoms with Crippen molar-refractivity contribution in [3.63, 3.8) is 0 Å². The van der Waals surface area contributed by atoms with Crippen molar-refractivity contribution in [3.8, 4) is 5.69 Å². The highest BCUT2D eigenvalue weighted by molar-refractivity contribution is 7.15. The molecule has 2 heterocycles. The Morgan fingerprint density at radius 1 is 1.18 bits per heavy atom. The van der Waals surface area contributed by atoms with Crippen LogP contribution in [0.4, 0.5) is 18.3 Å². The van der Waals surface area contributed by atoms with E-state index >= 15 is 0 Å². The van der Waals surface area contributed by atoms with Gasteiger partial charge < -0.3 is 0 Å². The van der Waals surface area contributed by atoms with Crippen LogP contribution < -0.4 is 16.6 Å². The van der Waals surface area contributed by atoms with Crippen molar-refractivity contribution in [2.24, 2.45) is 7.05 Å². The summed E-state index contributed by atoms with van der Waals surface area (Å²) in [6.45, 7) is 1.71. The summed E-state index contributed by atoms with van der Waals surface area (Å²) in [6.07, 6.45) is -4.85. The van der Waals surface area contributed by atoms with E-state index in [-0.39, 0.29) is 16.4 Å². The number of amides is 1. The van der Waals surface area contributed by atoms with Gasteiger partial charge in [-0.15, -0.1) is 10.2 Å². The Morgan fingerprint density at radius 2 is 1.89 bits per heavy atom. The molecule has 28 heavy (non-hydrogen) atoms. The van der Waals surface area contributed by atoms with E-state index in [9.17, 15) is 27.6 Å². The number of hydrogen-bond acceptors (Lipinski definition) is 6. The summed E-state index contributed by atoms with van der Waals surface area (Å²) >= 11 is 1.15. The van der Waals surface area contributed by atoms with Gasteiger partial charge in [0.05, 0.1) is 5.69 Å². The third-order valence-electron chi connectivity index (χ3n) is 3.72. The molecule has 0 aliphatic carbocycles. The number of rotatable bonds is 3. The summed E-state index contributed by atoms with van der Waals surface area (Å²) in [5, 5.41) is 10.9. The maximum atomic E-state index is 13.0. The fourth-order valence-corrected chi connectivity index (χ4v) is 3.02. The molecule has 0 unspecified atom stereocenters. The Hall–Kier alpha value is -3.28. The third-order valence-corrected chi connectivity index (χ3v) is 4.48. The number of anilines is 1. The number of hydrogen-bond donors (Lipinski definition) is 1. The largest absolute Gasteiger partial charge is 0.431 e. The van der Waals surface area contributed by atoms with Crippen molar-refractivity contribution < 1.29 is 18.0 Å². The number of nitrogens with one attached hydrogen (secondary N) is 1. The molecule has 0 radical (unpaired) electrons. The molecule has 0 bridgehead atoms. The third kappa shape index (κ3) is 3.71. The monoisotopic (exact) mass is 411 g/mol. The summed E-state index contributed by atoms with van der Waals surface area (Å²) in [4.78, 5) is 36.8. The van der Waals surface area contributed by atoms with Crippen LogP contribution in [0.3, 0.4) is 0 Å². The quantitative estimate of drug-likeness (QED) is 0.711. The zero-order chi connectivity index (χ0) is 20.6. The van der Waals surface area contributed by atoms with Gasteiger partial charge in [-0.1, -0.05) is 17.4 Å². The summed E-state index contributed by atoms with van der Waals surface area (Å²) < 4.78 is 39.7. The highest BCUT2D eigenvalue weighted by Gasteiger charge is 2.35. The van der Waals surface area contributed by atoms with Gasteiger partial charge in [0, 0.05) is 18.7 Å². The molecule has 0 saturated carbocycles. The lowest BCUT2D eigenvalue weighted by atomic mass is 10.2. The molecule has 1 amide bonds. The summed E-state index contributed by atoms with van der Waals surface area (Å²) in [5.74, 6) is -0.574. The predicted octanol–water partition coefficient (Wildman–Crippen LogP) is 1.97. The van der Waals surface area contributed by atoms with E-state index in [1.54, 1.807) is 6.92 Å². The Labute approximate surface area is 158 Å². The van der Waals surface area contributed by atoms with Crippen LogP contribution >= 0.6 is 11.3 Å². The van der Waals surface area contributed by atoms with Crippen molar-refractivity contribution >= 4 is 22.4 Å². The Bertz CT molecular complexity index is 1180. The number of benzene rings is 1. The lowest BCUT2D eigenvalue weighted by Crippen LogP contribution is -2.40. The summed E-state index contributed by atoms with van der Waals surface area (Å²) in [6, 6.07) is 5.71. The smallest absolute Gasteiger partial charge is 0.296 e. The van der Waals surface area contributed by atoms with E-state index < -0.39 is 29.0 Å². The van der Waals surface area contributed by atoms with Crippen LogP contribution in [0.1, 0.15) is 21.1 Å². The van der Waals surface area contributed by atoms with Crippen molar-refractivity contribution in [2.45, 2.75) is 13.1 Å². The second-order valence-electron chi connectivity index (χ2n) is 5.67. The number of alkyl halides is 3. The maximum Gasteiger partial charge on any atom is 0.431 e. The van der Waals surface area contributed by atoms with Gasteiger partial charge in [0.25, 0.3) is 11.5 Å². The van der Waals surface area contributed by atoms with E-state index in [2.05, 4.69) is 15.5 Å². The first-order chi connectivity index (χ1) is 13.1. The van der Waals surface area contributed by atoms with Gasteiger partial charge in [-0.25, -0.2) is 9.36 Å². The first kappa shape index (κ1) is 19.5. The SMILES string of the molecule is Cc1nnc(NC(=O)c2cccc(-n3c(=O)cc(C(F)(F)F)n(C)c3=O)c2)s1. The van der Waals surface area contributed by atoms with Crippen LogP contribution in [0.2, 0.25) is 0 Å². The Kier molecular flexibility index (Phi) is 4.89. The van der Waals surface area contributed by atoms with Gasteiger partial charge >= 0.3 is 11.9 Å². The molecule has 0 spiro atoms. The van der Waals surface area contributed by atoms with Crippen LogP contribution in [0.15, 0.2) is 39.9 Å². The van der Waals surface area contributed by atoms with E-state index in [1.165, 1.54) is 24.3 Å². The van der Waals surface area contributed by atoms with E-state index in [0.717, 1.165) is 18.4 Å². The molecule has 0 atom stereocenters.